The highest BCUT2D eigenvalue weighted by Gasteiger charge is 2.25. The van der Waals surface area contributed by atoms with E-state index in [1.54, 1.807) is 0 Å². The van der Waals surface area contributed by atoms with Crippen LogP contribution in [0, 0.1) is 0 Å². The Hall–Kier alpha value is -0.960. The van der Waals surface area contributed by atoms with Gasteiger partial charge in [-0.2, -0.15) is 0 Å². The van der Waals surface area contributed by atoms with Crippen molar-refractivity contribution in [1.29, 1.82) is 0 Å². The number of nitrogens with zero attached hydrogens (tertiary/aromatic N) is 2. The van der Waals surface area contributed by atoms with Gasteiger partial charge in [0.25, 0.3) is 0 Å². The van der Waals surface area contributed by atoms with Gasteiger partial charge >= 0.3 is 0 Å². The normalized spacial score (nSPS) is 16.8. The molecule has 0 amide bonds. The van der Waals surface area contributed by atoms with Gasteiger partial charge in [0.2, 0.25) is 0 Å². The molecule has 0 aliphatic heterocycles. The fraction of sp³-hybridized carbons (Fsp3) is 0.500. The smallest absolute Gasteiger partial charge is 0.131 e. The average molecular weight is 149 g/mol. The van der Waals surface area contributed by atoms with Crippen molar-refractivity contribution in [2.24, 2.45) is 5.73 Å². The highest BCUT2D eigenvalue weighted by atomic mass is 14.9. The number of hydrogen-bond donors (Lipinski definition) is 1. The molecule has 0 atom stereocenters. The van der Waals surface area contributed by atoms with Gasteiger partial charge in [0.1, 0.15) is 5.82 Å². The van der Waals surface area contributed by atoms with Gasteiger partial charge in [-0.3, -0.25) is 0 Å². The Labute approximate surface area is 65.7 Å². The van der Waals surface area contributed by atoms with E-state index in [0.717, 1.165) is 11.4 Å². The van der Waals surface area contributed by atoms with Crippen LogP contribution in [0.5, 0.6) is 0 Å². The lowest BCUT2D eigenvalue weighted by Crippen LogP contribution is -2.00. The van der Waals surface area contributed by atoms with Crippen LogP contribution in [0.4, 0.5) is 0 Å². The third kappa shape index (κ3) is 1.38. The maximum Gasteiger partial charge on any atom is 0.131 e. The second-order valence-corrected chi connectivity index (χ2v) is 2.93. The predicted octanol–water partition coefficient (Wildman–Crippen LogP) is 0.813. The van der Waals surface area contributed by atoms with Gasteiger partial charge in [0.15, 0.2) is 0 Å². The van der Waals surface area contributed by atoms with E-state index in [2.05, 4.69) is 9.97 Å². The summed E-state index contributed by atoms with van der Waals surface area (Å²) in [5.74, 6) is 1.63. The zero-order chi connectivity index (χ0) is 7.68. The summed E-state index contributed by atoms with van der Waals surface area (Å²) in [4.78, 5) is 8.44. The Balaban J connectivity index is 2.19. The van der Waals surface area contributed by atoms with Crippen molar-refractivity contribution in [2.75, 3.05) is 0 Å². The molecule has 2 N–H and O–H groups in total. The summed E-state index contributed by atoms with van der Waals surface area (Å²) in [5.41, 5.74) is 6.42. The Morgan fingerprint density at radius 3 is 2.45 bits per heavy atom. The Morgan fingerprint density at radius 2 is 2.00 bits per heavy atom. The maximum atomic E-state index is 5.41. The molecule has 1 aliphatic rings. The van der Waals surface area contributed by atoms with Crippen LogP contribution in [0.15, 0.2) is 12.4 Å². The molecule has 3 heteroatoms. The summed E-state index contributed by atoms with van der Waals surface area (Å²) >= 11 is 0. The largest absolute Gasteiger partial charge is 0.326 e. The summed E-state index contributed by atoms with van der Waals surface area (Å²) < 4.78 is 0. The van der Waals surface area contributed by atoms with Gasteiger partial charge in [-0.05, 0) is 12.8 Å². The van der Waals surface area contributed by atoms with E-state index < -0.39 is 0 Å². The molecule has 1 aromatic heterocycles. The molecule has 3 nitrogen and oxygen atoms in total. The monoisotopic (exact) mass is 149 g/mol. The van der Waals surface area contributed by atoms with Gasteiger partial charge < -0.3 is 5.73 Å². The third-order valence-electron chi connectivity index (χ3n) is 1.90. The number of nitrogens with two attached hydrogens (primary N) is 1. The SMILES string of the molecule is NCc1cnc(C2CC2)nc1. The molecule has 11 heavy (non-hydrogen) atoms. The molecule has 0 saturated heterocycles. The molecule has 1 aliphatic carbocycles. The minimum absolute atomic E-state index is 0.533. The van der Waals surface area contributed by atoms with E-state index in [0.29, 0.717) is 12.5 Å². The first-order valence-corrected chi connectivity index (χ1v) is 3.91. The van der Waals surface area contributed by atoms with E-state index in [4.69, 9.17) is 5.73 Å². The second-order valence-electron chi connectivity index (χ2n) is 2.93. The molecular formula is C8H11N3. The molecule has 0 bridgehead atoms. The molecule has 1 aromatic rings. The van der Waals surface area contributed by atoms with E-state index in [-0.39, 0.29) is 0 Å². The van der Waals surface area contributed by atoms with Crippen LogP contribution in [0.25, 0.3) is 0 Å². The zero-order valence-corrected chi connectivity index (χ0v) is 6.33. The van der Waals surface area contributed by atoms with Crippen molar-refractivity contribution in [3.05, 3.63) is 23.8 Å². The van der Waals surface area contributed by atoms with Crippen LogP contribution >= 0.6 is 0 Å². The Kier molecular flexibility index (Phi) is 1.58. The summed E-state index contributed by atoms with van der Waals surface area (Å²) in [6.45, 7) is 0.533. The fourth-order valence-electron chi connectivity index (χ4n) is 1.02. The van der Waals surface area contributed by atoms with Crippen LogP contribution in [0.3, 0.4) is 0 Å². The molecular weight excluding hydrogens is 138 g/mol. The van der Waals surface area contributed by atoms with Gasteiger partial charge in [-0.15, -0.1) is 0 Å². The highest BCUT2D eigenvalue weighted by Crippen LogP contribution is 2.37. The molecule has 1 heterocycles. The fourth-order valence-corrected chi connectivity index (χ4v) is 1.02. The van der Waals surface area contributed by atoms with E-state index in [1.165, 1.54) is 12.8 Å². The first-order valence-electron chi connectivity index (χ1n) is 3.91. The number of hydrogen-bond acceptors (Lipinski definition) is 3. The Bertz CT molecular complexity index is 238. The second kappa shape index (κ2) is 2.58. The van der Waals surface area contributed by atoms with Crippen LogP contribution in [0.1, 0.15) is 30.1 Å². The number of rotatable bonds is 2. The molecule has 58 valence electrons. The van der Waals surface area contributed by atoms with Gasteiger partial charge in [0.05, 0.1) is 0 Å². The van der Waals surface area contributed by atoms with Crippen molar-refractivity contribution in [3.63, 3.8) is 0 Å². The Morgan fingerprint density at radius 1 is 1.36 bits per heavy atom. The summed E-state index contributed by atoms with van der Waals surface area (Å²) in [7, 11) is 0. The predicted molar refractivity (Wildman–Crippen MR) is 41.9 cm³/mol. The molecule has 0 spiro atoms. The van der Waals surface area contributed by atoms with E-state index in [9.17, 15) is 0 Å². The van der Waals surface area contributed by atoms with Gasteiger partial charge in [-0.1, -0.05) is 0 Å². The van der Waals surface area contributed by atoms with Crippen molar-refractivity contribution in [1.82, 2.24) is 9.97 Å². The van der Waals surface area contributed by atoms with Crippen molar-refractivity contribution in [3.8, 4) is 0 Å². The molecule has 0 unspecified atom stereocenters. The quantitative estimate of drug-likeness (QED) is 0.677. The van der Waals surface area contributed by atoms with Gasteiger partial charge in [-0.25, -0.2) is 9.97 Å². The van der Waals surface area contributed by atoms with Crippen LogP contribution < -0.4 is 5.73 Å². The first kappa shape index (κ1) is 6.73. The summed E-state index contributed by atoms with van der Waals surface area (Å²) in [6.07, 6.45) is 6.14. The lowest BCUT2D eigenvalue weighted by Gasteiger charge is -1.96. The topological polar surface area (TPSA) is 51.8 Å². The maximum absolute atomic E-state index is 5.41. The minimum atomic E-state index is 0.533. The first-order chi connectivity index (χ1) is 5.40. The molecule has 0 radical (unpaired) electrons. The molecule has 1 fully saturated rings. The van der Waals surface area contributed by atoms with Crippen LogP contribution in [-0.2, 0) is 6.54 Å². The van der Waals surface area contributed by atoms with Gasteiger partial charge in [0, 0.05) is 30.4 Å². The minimum Gasteiger partial charge on any atom is -0.326 e. The summed E-state index contributed by atoms with van der Waals surface area (Å²) in [6, 6.07) is 0. The van der Waals surface area contributed by atoms with Crippen LogP contribution in [0.2, 0.25) is 0 Å². The summed E-state index contributed by atoms with van der Waals surface area (Å²) in [5, 5.41) is 0. The molecule has 2 rings (SSSR count). The highest BCUT2D eigenvalue weighted by molar-refractivity contribution is 5.10. The zero-order valence-electron chi connectivity index (χ0n) is 6.33. The lowest BCUT2D eigenvalue weighted by atomic mass is 10.3. The third-order valence-corrected chi connectivity index (χ3v) is 1.90. The van der Waals surface area contributed by atoms with Crippen molar-refractivity contribution >= 4 is 0 Å². The van der Waals surface area contributed by atoms with Crippen LogP contribution in [-0.4, -0.2) is 9.97 Å². The number of aromatic nitrogens is 2. The van der Waals surface area contributed by atoms with E-state index >= 15 is 0 Å². The molecule has 0 aromatic carbocycles. The van der Waals surface area contributed by atoms with Crippen molar-refractivity contribution < 1.29 is 0 Å². The average Bonchev–Trinajstić information content (AvgIpc) is 2.87. The lowest BCUT2D eigenvalue weighted by molar-refractivity contribution is 0.896. The van der Waals surface area contributed by atoms with E-state index in [1.807, 2.05) is 12.4 Å². The standard InChI is InChI=1S/C8H11N3/c9-3-6-4-10-8(11-5-6)7-1-2-7/h4-5,7H,1-3,9H2. The molecule has 1 saturated carbocycles. The van der Waals surface area contributed by atoms with Crippen molar-refractivity contribution in [2.45, 2.75) is 25.3 Å².